The number of carbonyl (C=O) groups is 1. The molecule has 0 saturated carbocycles. The van der Waals surface area contributed by atoms with Gasteiger partial charge in [0, 0.05) is 11.6 Å². The molecule has 0 unspecified atom stereocenters. The maximum absolute atomic E-state index is 11.9. The predicted octanol–water partition coefficient (Wildman–Crippen LogP) is 3.73. The van der Waals surface area contributed by atoms with Gasteiger partial charge in [-0.05, 0) is 30.7 Å². The Bertz CT molecular complexity index is 787. The number of ether oxygens (including phenoxy) is 1. The molecule has 0 radical (unpaired) electrons. The van der Waals surface area contributed by atoms with E-state index in [9.17, 15) is 4.79 Å². The molecule has 2 aromatic carbocycles. The maximum Gasteiger partial charge on any atom is 0.339 e. The lowest BCUT2D eigenvalue weighted by atomic mass is 10.1. The van der Waals surface area contributed by atoms with Crippen molar-refractivity contribution in [2.75, 3.05) is 7.11 Å². The fraction of sp³-hybridized carbons (Fsp3) is 0.118. The number of hydrogen-bond acceptors (Lipinski definition) is 2. The standard InChI is InChI=1S/C17H15NO2/c1-12-11-18(15-9-5-3-7-13(12)15)16-10-6-4-8-14(16)17(19)20-2/h3-11H,1-2H3. The van der Waals surface area contributed by atoms with E-state index < -0.39 is 0 Å². The molecule has 0 aliphatic rings. The monoisotopic (exact) mass is 265 g/mol. The lowest BCUT2D eigenvalue weighted by molar-refractivity contribution is 0.0601. The number of aryl methyl sites for hydroxylation is 1. The van der Waals surface area contributed by atoms with Crippen LogP contribution in [0.5, 0.6) is 0 Å². The summed E-state index contributed by atoms with van der Waals surface area (Å²) in [5.74, 6) is -0.323. The molecule has 3 aromatic rings. The number of benzene rings is 2. The van der Waals surface area contributed by atoms with E-state index in [4.69, 9.17) is 4.74 Å². The van der Waals surface area contributed by atoms with Crippen LogP contribution in [0.3, 0.4) is 0 Å². The van der Waals surface area contributed by atoms with Crippen LogP contribution in [0.2, 0.25) is 0 Å². The first kappa shape index (κ1) is 12.5. The molecule has 20 heavy (non-hydrogen) atoms. The van der Waals surface area contributed by atoms with Gasteiger partial charge in [-0.25, -0.2) is 4.79 Å². The Labute approximate surface area is 117 Å². The Hall–Kier alpha value is -2.55. The van der Waals surface area contributed by atoms with E-state index in [2.05, 4.69) is 19.1 Å². The van der Waals surface area contributed by atoms with Gasteiger partial charge in [-0.2, -0.15) is 0 Å². The highest BCUT2D eigenvalue weighted by atomic mass is 16.5. The third-order valence-corrected chi connectivity index (χ3v) is 3.48. The SMILES string of the molecule is COC(=O)c1ccccc1-n1cc(C)c2ccccc21. The molecule has 0 fully saturated rings. The molecule has 0 bridgehead atoms. The highest BCUT2D eigenvalue weighted by molar-refractivity contribution is 5.95. The van der Waals surface area contributed by atoms with Gasteiger partial charge in [-0.15, -0.1) is 0 Å². The van der Waals surface area contributed by atoms with Gasteiger partial charge >= 0.3 is 5.97 Å². The minimum absolute atomic E-state index is 0.323. The molecule has 3 rings (SSSR count). The molecular weight excluding hydrogens is 250 g/mol. The Kier molecular flexibility index (Phi) is 3.03. The van der Waals surface area contributed by atoms with Crippen LogP contribution < -0.4 is 0 Å². The molecule has 3 nitrogen and oxygen atoms in total. The van der Waals surface area contributed by atoms with Crippen molar-refractivity contribution in [1.82, 2.24) is 4.57 Å². The highest BCUT2D eigenvalue weighted by Crippen LogP contribution is 2.26. The first-order valence-electron chi connectivity index (χ1n) is 6.47. The molecule has 0 saturated heterocycles. The number of nitrogens with zero attached hydrogens (tertiary/aromatic N) is 1. The fourth-order valence-corrected chi connectivity index (χ4v) is 2.52. The summed E-state index contributed by atoms with van der Waals surface area (Å²) in [6.07, 6.45) is 2.05. The molecule has 0 atom stereocenters. The van der Waals surface area contributed by atoms with E-state index in [0.29, 0.717) is 5.56 Å². The zero-order chi connectivity index (χ0) is 14.1. The van der Waals surface area contributed by atoms with Crippen LogP contribution in [0.4, 0.5) is 0 Å². The van der Waals surface area contributed by atoms with Crippen molar-refractivity contribution in [2.24, 2.45) is 0 Å². The second kappa shape index (κ2) is 4.85. The van der Waals surface area contributed by atoms with Crippen LogP contribution in [0.1, 0.15) is 15.9 Å². The van der Waals surface area contributed by atoms with E-state index in [1.54, 1.807) is 6.07 Å². The number of methoxy groups -OCH3 is 1. The normalized spacial score (nSPS) is 10.7. The number of fused-ring (bicyclic) bond motifs is 1. The Morgan fingerprint density at radius 1 is 1.05 bits per heavy atom. The van der Waals surface area contributed by atoms with Crippen molar-refractivity contribution >= 4 is 16.9 Å². The Balaban J connectivity index is 2.29. The van der Waals surface area contributed by atoms with Crippen molar-refractivity contribution in [2.45, 2.75) is 6.92 Å². The maximum atomic E-state index is 11.9. The van der Waals surface area contributed by atoms with Crippen LogP contribution in [-0.4, -0.2) is 17.6 Å². The molecular formula is C17H15NO2. The smallest absolute Gasteiger partial charge is 0.339 e. The van der Waals surface area contributed by atoms with Gasteiger partial charge in [0.1, 0.15) is 0 Å². The van der Waals surface area contributed by atoms with Crippen molar-refractivity contribution < 1.29 is 9.53 Å². The van der Waals surface area contributed by atoms with E-state index >= 15 is 0 Å². The molecule has 1 heterocycles. The van der Waals surface area contributed by atoms with E-state index in [0.717, 1.165) is 11.2 Å². The van der Waals surface area contributed by atoms with Crippen molar-refractivity contribution in [3.8, 4) is 5.69 Å². The van der Waals surface area contributed by atoms with Crippen LogP contribution in [0.15, 0.2) is 54.7 Å². The average molecular weight is 265 g/mol. The largest absolute Gasteiger partial charge is 0.465 e. The van der Waals surface area contributed by atoms with Crippen molar-refractivity contribution in [3.05, 3.63) is 65.9 Å². The first-order valence-corrected chi connectivity index (χ1v) is 6.47. The summed E-state index contributed by atoms with van der Waals surface area (Å²) in [6.45, 7) is 2.07. The van der Waals surface area contributed by atoms with Crippen LogP contribution in [-0.2, 0) is 4.74 Å². The lowest BCUT2D eigenvalue weighted by Gasteiger charge is -2.10. The molecule has 0 spiro atoms. The number of aromatic nitrogens is 1. The lowest BCUT2D eigenvalue weighted by Crippen LogP contribution is -2.07. The summed E-state index contributed by atoms with van der Waals surface area (Å²) < 4.78 is 6.90. The van der Waals surface area contributed by atoms with E-state index in [1.807, 2.05) is 41.1 Å². The van der Waals surface area contributed by atoms with Crippen LogP contribution >= 0.6 is 0 Å². The average Bonchev–Trinajstić information content (AvgIpc) is 2.84. The second-order valence-corrected chi connectivity index (χ2v) is 4.71. The van der Waals surface area contributed by atoms with Gasteiger partial charge in [-0.1, -0.05) is 30.3 Å². The van der Waals surface area contributed by atoms with Gasteiger partial charge in [0.25, 0.3) is 0 Å². The Morgan fingerprint density at radius 3 is 2.55 bits per heavy atom. The fourth-order valence-electron chi connectivity index (χ4n) is 2.52. The number of hydrogen-bond donors (Lipinski definition) is 0. The summed E-state index contributed by atoms with van der Waals surface area (Å²) in [6, 6.07) is 15.6. The number of esters is 1. The summed E-state index contributed by atoms with van der Waals surface area (Å²) in [4.78, 5) is 11.9. The highest BCUT2D eigenvalue weighted by Gasteiger charge is 2.14. The van der Waals surface area contributed by atoms with E-state index in [-0.39, 0.29) is 5.97 Å². The van der Waals surface area contributed by atoms with Gasteiger partial charge in [0.2, 0.25) is 0 Å². The quantitative estimate of drug-likeness (QED) is 0.661. The summed E-state index contributed by atoms with van der Waals surface area (Å²) in [7, 11) is 1.40. The van der Waals surface area contributed by atoms with Crippen LogP contribution in [0, 0.1) is 6.92 Å². The van der Waals surface area contributed by atoms with Gasteiger partial charge in [-0.3, -0.25) is 0 Å². The molecule has 100 valence electrons. The summed E-state index contributed by atoms with van der Waals surface area (Å²) >= 11 is 0. The second-order valence-electron chi connectivity index (χ2n) is 4.71. The van der Waals surface area contributed by atoms with Crippen molar-refractivity contribution in [3.63, 3.8) is 0 Å². The minimum atomic E-state index is -0.323. The van der Waals surface area contributed by atoms with Crippen molar-refractivity contribution in [1.29, 1.82) is 0 Å². The zero-order valence-corrected chi connectivity index (χ0v) is 11.5. The first-order chi connectivity index (χ1) is 9.72. The summed E-state index contributed by atoms with van der Waals surface area (Å²) in [5, 5.41) is 1.19. The topological polar surface area (TPSA) is 31.2 Å². The predicted molar refractivity (Wildman–Crippen MR) is 79.4 cm³/mol. The van der Waals surface area contributed by atoms with Crippen LogP contribution in [0.25, 0.3) is 16.6 Å². The molecule has 0 N–H and O–H groups in total. The molecule has 1 aromatic heterocycles. The minimum Gasteiger partial charge on any atom is -0.465 e. The molecule has 3 heteroatoms. The van der Waals surface area contributed by atoms with E-state index in [1.165, 1.54) is 18.1 Å². The third kappa shape index (κ3) is 1.88. The molecule has 0 amide bonds. The Morgan fingerprint density at radius 2 is 1.75 bits per heavy atom. The summed E-state index contributed by atoms with van der Waals surface area (Å²) in [5.41, 5.74) is 3.67. The molecule has 0 aliphatic heterocycles. The van der Waals surface area contributed by atoms with Gasteiger partial charge < -0.3 is 9.30 Å². The van der Waals surface area contributed by atoms with Gasteiger partial charge in [0.15, 0.2) is 0 Å². The number of carbonyl (C=O) groups excluding carboxylic acids is 1. The van der Waals surface area contributed by atoms with Gasteiger partial charge in [0.05, 0.1) is 23.9 Å². The third-order valence-electron chi connectivity index (χ3n) is 3.48. The molecule has 0 aliphatic carbocycles. The number of rotatable bonds is 2. The zero-order valence-electron chi connectivity index (χ0n) is 11.5. The number of para-hydroxylation sites is 2.